The van der Waals surface area contributed by atoms with E-state index in [0.717, 1.165) is 16.3 Å². The van der Waals surface area contributed by atoms with Gasteiger partial charge in [0.05, 0.1) is 12.6 Å². The SMILES string of the molecule is C/C=C(\C)[C@H]1OC(=O)[C@@H](C)NC(=O)[C@H](C(C)CC)NC(=O)CN(C)C(=O)[C@@H](Cc2ccc3ccccc3c2)N(C)C(=O)[C@H](C)NC(=O)[C@@H](CC(C)C)OC(=O)/C(C)=C/C[C@H](O)[C@@H]1C. The molecule has 346 valence electrons. The van der Waals surface area contributed by atoms with E-state index in [1.165, 1.54) is 50.7 Å². The highest BCUT2D eigenvalue weighted by atomic mass is 16.6. The van der Waals surface area contributed by atoms with Gasteiger partial charge in [-0.25, -0.2) is 9.59 Å². The number of aliphatic hydroxyl groups excluding tert-OH is 1. The zero-order valence-electron chi connectivity index (χ0n) is 39.0. The third-order valence-electron chi connectivity index (χ3n) is 11.8. The first-order valence-electron chi connectivity index (χ1n) is 21.9. The van der Waals surface area contributed by atoms with Gasteiger partial charge < -0.3 is 40.3 Å². The van der Waals surface area contributed by atoms with E-state index in [2.05, 4.69) is 16.0 Å². The number of nitrogens with one attached hydrogen (secondary N) is 3. The predicted octanol–water partition coefficient (Wildman–Crippen LogP) is 4.39. The molecule has 0 aromatic heterocycles. The maximum atomic E-state index is 14.4. The van der Waals surface area contributed by atoms with Gasteiger partial charge in [0.2, 0.25) is 23.6 Å². The second-order valence-electron chi connectivity index (χ2n) is 17.4. The number of aliphatic hydroxyl groups is 1. The van der Waals surface area contributed by atoms with E-state index >= 15 is 0 Å². The molecule has 0 fully saturated rings. The largest absolute Gasteiger partial charge is 0.456 e. The molecule has 1 heterocycles. The van der Waals surface area contributed by atoms with Crippen molar-refractivity contribution in [3.63, 3.8) is 0 Å². The van der Waals surface area contributed by atoms with Gasteiger partial charge in [0.1, 0.15) is 30.3 Å². The van der Waals surface area contributed by atoms with Crippen LogP contribution in [0.15, 0.2) is 65.8 Å². The van der Waals surface area contributed by atoms with Crippen LogP contribution in [0.5, 0.6) is 0 Å². The van der Waals surface area contributed by atoms with Crippen LogP contribution in [0.25, 0.3) is 10.8 Å². The lowest BCUT2D eigenvalue weighted by molar-refractivity contribution is -0.155. The van der Waals surface area contributed by atoms with Crippen molar-refractivity contribution in [3.05, 3.63) is 71.3 Å². The van der Waals surface area contributed by atoms with E-state index < -0.39 is 96.4 Å². The van der Waals surface area contributed by atoms with Crippen molar-refractivity contribution in [2.45, 2.75) is 137 Å². The summed E-state index contributed by atoms with van der Waals surface area (Å²) in [6.07, 6.45) is 0.632. The average molecular weight is 876 g/mol. The van der Waals surface area contributed by atoms with E-state index in [1.54, 1.807) is 33.8 Å². The smallest absolute Gasteiger partial charge is 0.334 e. The molecule has 4 N–H and O–H groups in total. The molecule has 2 aromatic rings. The van der Waals surface area contributed by atoms with Crippen molar-refractivity contribution < 1.29 is 48.1 Å². The third-order valence-corrected chi connectivity index (χ3v) is 11.8. The topological polar surface area (TPSA) is 201 Å². The Balaban J connectivity index is 2.08. The van der Waals surface area contributed by atoms with Crippen LogP contribution in [0.4, 0.5) is 0 Å². The Hall–Kier alpha value is -5.57. The van der Waals surface area contributed by atoms with Crippen molar-refractivity contribution in [1.29, 1.82) is 0 Å². The lowest BCUT2D eigenvalue weighted by Crippen LogP contribution is -2.57. The lowest BCUT2D eigenvalue weighted by Gasteiger charge is -2.33. The normalized spacial score (nSPS) is 27.8. The van der Waals surface area contributed by atoms with Gasteiger partial charge in [-0.15, -0.1) is 0 Å². The molecule has 3 rings (SSSR count). The van der Waals surface area contributed by atoms with Gasteiger partial charge in [0.25, 0.3) is 5.91 Å². The lowest BCUT2D eigenvalue weighted by atomic mass is 9.90. The maximum absolute atomic E-state index is 14.4. The van der Waals surface area contributed by atoms with E-state index in [0.29, 0.717) is 12.0 Å². The first-order chi connectivity index (χ1) is 29.6. The van der Waals surface area contributed by atoms with Gasteiger partial charge in [-0.1, -0.05) is 95.7 Å². The van der Waals surface area contributed by atoms with Crippen molar-refractivity contribution in [2.24, 2.45) is 17.8 Å². The highest BCUT2D eigenvalue weighted by Crippen LogP contribution is 2.24. The summed E-state index contributed by atoms with van der Waals surface area (Å²) >= 11 is 0. The number of hydrogen-bond donors (Lipinski definition) is 4. The van der Waals surface area contributed by atoms with Gasteiger partial charge in [0, 0.05) is 32.0 Å². The van der Waals surface area contributed by atoms with Gasteiger partial charge in [0.15, 0.2) is 6.10 Å². The molecular formula is C48H69N5O10. The average Bonchev–Trinajstić information content (AvgIpc) is 3.25. The number of esters is 2. The number of rotatable bonds is 7. The molecule has 63 heavy (non-hydrogen) atoms. The molecule has 0 saturated carbocycles. The van der Waals surface area contributed by atoms with Crippen LogP contribution < -0.4 is 16.0 Å². The van der Waals surface area contributed by atoms with Crippen LogP contribution in [0.2, 0.25) is 0 Å². The monoisotopic (exact) mass is 876 g/mol. The van der Waals surface area contributed by atoms with Crippen LogP contribution in [0, 0.1) is 17.8 Å². The molecule has 1 aliphatic rings. The molecule has 1 aliphatic heterocycles. The Morgan fingerprint density at radius 3 is 2.13 bits per heavy atom. The van der Waals surface area contributed by atoms with Crippen molar-refractivity contribution in [1.82, 2.24) is 25.8 Å². The number of amides is 5. The van der Waals surface area contributed by atoms with Crippen LogP contribution >= 0.6 is 0 Å². The Labute approximate surface area is 372 Å². The van der Waals surface area contributed by atoms with Crippen molar-refractivity contribution in [2.75, 3.05) is 20.6 Å². The minimum atomic E-state index is -1.27. The van der Waals surface area contributed by atoms with E-state index in [-0.39, 0.29) is 36.7 Å². The molecular weight excluding hydrogens is 807 g/mol. The van der Waals surface area contributed by atoms with Gasteiger partial charge >= 0.3 is 11.9 Å². The summed E-state index contributed by atoms with van der Waals surface area (Å²) in [4.78, 5) is 99.0. The second kappa shape index (κ2) is 23.8. The summed E-state index contributed by atoms with van der Waals surface area (Å²) in [5, 5.41) is 21.3. The Morgan fingerprint density at radius 2 is 1.51 bits per heavy atom. The van der Waals surface area contributed by atoms with Crippen LogP contribution in [-0.4, -0.2) is 120 Å². The molecule has 15 heteroatoms. The summed E-state index contributed by atoms with van der Waals surface area (Å²) in [5.41, 5.74) is 1.51. The number of nitrogens with zero attached hydrogens (tertiary/aromatic N) is 2. The van der Waals surface area contributed by atoms with E-state index in [4.69, 9.17) is 9.47 Å². The van der Waals surface area contributed by atoms with Gasteiger partial charge in [-0.05, 0) is 81.2 Å². The highest BCUT2D eigenvalue weighted by molar-refractivity contribution is 5.96. The highest BCUT2D eigenvalue weighted by Gasteiger charge is 2.37. The summed E-state index contributed by atoms with van der Waals surface area (Å²) < 4.78 is 11.6. The first kappa shape index (κ1) is 51.8. The fourth-order valence-corrected chi connectivity index (χ4v) is 7.30. The maximum Gasteiger partial charge on any atom is 0.334 e. The second-order valence-corrected chi connectivity index (χ2v) is 17.4. The number of likely N-dealkylation sites (N-methyl/N-ethyl adjacent to an activating group) is 2. The molecule has 0 aliphatic carbocycles. The van der Waals surface area contributed by atoms with Crippen LogP contribution in [0.3, 0.4) is 0 Å². The minimum absolute atomic E-state index is 0.0249. The molecule has 15 nitrogen and oxygen atoms in total. The fraction of sp³-hybridized carbons (Fsp3) is 0.562. The molecule has 5 amide bonds. The number of cyclic esters (lactones) is 2. The fourth-order valence-electron chi connectivity index (χ4n) is 7.30. The Bertz CT molecular complexity index is 2030. The summed E-state index contributed by atoms with van der Waals surface area (Å²) in [6.45, 7) is 16.5. The molecule has 9 atom stereocenters. The van der Waals surface area contributed by atoms with Crippen LogP contribution in [-0.2, 0) is 49.5 Å². The van der Waals surface area contributed by atoms with E-state index in [1.807, 2.05) is 63.2 Å². The molecule has 0 bridgehead atoms. The number of hydrogen-bond acceptors (Lipinski definition) is 10. The number of allylic oxidation sites excluding steroid dienone is 1. The molecule has 0 spiro atoms. The Kier molecular flexibility index (Phi) is 19.5. The van der Waals surface area contributed by atoms with Gasteiger partial charge in [-0.2, -0.15) is 0 Å². The molecule has 0 radical (unpaired) electrons. The minimum Gasteiger partial charge on any atom is -0.456 e. The zero-order valence-corrected chi connectivity index (χ0v) is 39.0. The number of carbonyl (C=O) groups is 7. The van der Waals surface area contributed by atoms with Gasteiger partial charge in [-0.3, -0.25) is 24.0 Å². The first-order valence-corrected chi connectivity index (χ1v) is 21.9. The summed E-state index contributed by atoms with van der Waals surface area (Å²) in [6, 6.07) is 8.85. The van der Waals surface area contributed by atoms with Crippen LogP contribution in [0.1, 0.15) is 94.1 Å². The molecule has 2 aromatic carbocycles. The summed E-state index contributed by atoms with van der Waals surface area (Å²) in [7, 11) is 2.87. The van der Waals surface area contributed by atoms with Crippen molar-refractivity contribution in [3.8, 4) is 0 Å². The predicted molar refractivity (Wildman–Crippen MR) is 241 cm³/mol. The number of benzene rings is 2. The van der Waals surface area contributed by atoms with Crippen molar-refractivity contribution >= 4 is 52.2 Å². The molecule has 0 saturated heterocycles. The zero-order chi connectivity index (χ0) is 47.3. The summed E-state index contributed by atoms with van der Waals surface area (Å²) in [5.74, 6) is -5.88. The third kappa shape index (κ3) is 14.5. The van der Waals surface area contributed by atoms with E-state index in [9.17, 15) is 38.7 Å². The standard InChI is InChI=1S/C48H69N5O10/c1-13-28(5)41-44(57)50-33(10)48(61)63-42(29(6)14-2)31(8)38(54)22-19-30(7)47(60)62-39(23-27(3)4)43(56)49-32(9)45(58)53(12)37(46(59)52(11)26-40(55)51-41)25-34-20-21-35-17-15-16-18-36(35)24-34/h14-21,24,27-28,31-33,37-39,41-42,54H,13,22-23,25-26H2,1-12H3,(H,49,56)(H,50,57)(H,51,55)/b29-14+,30-19+/t28?,31-,32-,33+,37+,38-,39+,41-,42+/m0/s1. The number of ether oxygens (including phenoxy) is 2. The molecule has 1 unspecified atom stereocenters. The quantitative estimate of drug-likeness (QED) is 0.229. The number of fused-ring (bicyclic) bond motifs is 1. The number of carbonyl (C=O) groups excluding carboxylic acids is 7. The Morgan fingerprint density at radius 1 is 0.873 bits per heavy atom.